The van der Waals surface area contributed by atoms with Gasteiger partial charge in [0.2, 0.25) is 0 Å². The summed E-state index contributed by atoms with van der Waals surface area (Å²) in [6, 6.07) is 10.0. The van der Waals surface area contributed by atoms with E-state index in [1.54, 1.807) is 32.6 Å². The summed E-state index contributed by atoms with van der Waals surface area (Å²) < 4.78 is 42.3. The fourth-order valence-corrected chi connectivity index (χ4v) is 5.01. The van der Waals surface area contributed by atoms with Crippen LogP contribution in [-0.4, -0.2) is 27.8 Å². The van der Waals surface area contributed by atoms with E-state index >= 15 is 4.39 Å². The highest BCUT2D eigenvalue weighted by atomic mass is 35.5. The Kier molecular flexibility index (Phi) is 7.08. The van der Waals surface area contributed by atoms with Crippen LogP contribution in [0.15, 0.2) is 42.6 Å². The van der Waals surface area contributed by atoms with Crippen molar-refractivity contribution in [2.75, 3.05) is 18.1 Å². The maximum Gasteiger partial charge on any atom is 0.151 e. The first kappa shape index (κ1) is 25.7. The minimum atomic E-state index is -2.58. The van der Waals surface area contributed by atoms with Crippen molar-refractivity contribution in [1.82, 2.24) is 15.0 Å². The van der Waals surface area contributed by atoms with Crippen molar-refractivity contribution in [1.29, 1.82) is 5.26 Å². The Morgan fingerprint density at radius 3 is 2.56 bits per heavy atom. The van der Waals surface area contributed by atoms with Gasteiger partial charge in [-0.15, -0.1) is 0 Å². The molecule has 0 saturated heterocycles. The summed E-state index contributed by atoms with van der Waals surface area (Å²) in [5, 5.41) is 12.6. The number of benzene rings is 1. The summed E-state index contributed by atoms with van der Waals surface area (Å²) in [6.45, 7) is 6.90. The summed E-state index contributed by atoms with van der Waals surface area (Å²) in [5.41, 5.74) is 2.86. The highest BCUT2D eigenvalue weighted by molar-refractivity contribution is 7.70. The molecule has 3 aromatic heterocycles. The van der Waals surface area contributed by atoms with Gasteiger partial charge in [-0.25, -0.2) is 18.7 Å². The number of nitrogens with one attached hydrogen (secondary N) is 1. The number of nitriles is 1. The third-order valence-electron chi connectivity index (χ3n) is 6.08. The molecular weight excluding hydrogens is 503 g/mol. The van der Waals surface area contributed by atoms with Gasteiger partial charge in [0.15, 0.2) is 5.82 Å². The van der Waals surface area contributed by atoms with E-state index in [1.807, 2.05) is 13.0 Å². The predicted molar refractivity (Wildman–Crippen MR) is 139 cm³/mol. The monoisotopic (exact) mass is 525 g/mol. The van der Waals surface area contributed by atoms with Gasteiger partial charge in [-0.05, 0) is 50.8 Å². The molecule has 36 heavy (non-hydrogen) atoms. The first-order chi connectivity index (χ1) is 17.1. The molecule has 0 aliphatic rings. The lowest BCUT2D eigenvalue weighted by Crippen LogP contribution is -2.12. The quantitative estimate of drug-likeness (QED) is 0.285. The van der Waals surface area contributed by atoms with Crippen LogP contribution in [0.2, 0.25) is 5.02 Å². The number of pyridine rings is 3. The molecule has 0 fully saturated rings. The molecule has 2 atom stereocenters. The maximum absolute atomic E-state index is 15.1. The van der Waals surface area contributed by atoms with Gasteiger partial charge in [-0.2, -0.15) is 5.26 Å². The van der Waals surface area contributed by atoms with Crippen molar-refractivity contribution in [3.05, 3.63) is 76.1 Å². The molecule has 1 unspecified atom stereocenters. The van der Waals surface area contributed by atoms with Gasteiger partial charge < -0.3 is 9.88 Å². The lowest BCUT2D eigenvalue weighted by atomic mass is 10.0. The molecule has 1 N–H and O–H groups in total. The summed E-state index contributed by atoms with van der Waals surface area (Å²) in [6.07, 6.45) is 1.91. The van der Waals surface area contributed by atoms with Crippen molar-refractivity contribution in [3.8, 4) is 17.3 Å². The normalized spacial score (nSPS) is 13.7. The Hall–Kier alpha value is -3.40. The molecule has 10 heteroatoms. The number of rotatable bonds is 6. The summed E-state index contributed by atoms with van der Waals surface area (Å²) in [7, 11) is -2.58. The van der Waals surface area contributed by atoms with Crippen LogP contribution in [0.1, 0.15) is 36.7 Å². The van der Waals surface area contributed by atoms with E-state index in [4.69, 9.17) is 11.6 Å². The minimum absolute atomic E-state index is 0.0269. The van der Waals surface area contributed by atoms with Gasteiger partial charge in [-0.1, -0.05) is 18.5 Å². The van der Waals surface area contributed by atoms with Crippen LogP contribution in [0.25, 0.3) is 22.3 Å². The highest BCUT2D eigenvalue weighted by Crippen LogP contribution is 2.39. The van der Waals surface area contributed by atoms with Crippen molar-refractivity contribution in [2.45, 2.75) is 26.8 Å². The van der Waals surface area contributed by atoms with E-state index in [-0.39, 0.29) is 21.8 Å². The Bertz CT molecular complexity index is 1570. The Balaban J connectivity index is 1.83. The molecule has 0 bridgehead atoms. The van der Waals surface area contributed by atoms with Gasteiger partial charge in [0.25, 0.3) is 0 Å². The lowest BCUT2D eigenvalue weighted by molar-refractivity contribution is 0.585. The minimum Gasteiger partial charge on any atom is -0.375 e. The number of anilines is 1. The average Bonchev–Trinajstić information content (AvgIpc) is 2.86. The van der Waals surface area contributed by atoms with E-state index in [1.165, 1.54) is 30.5 Å². The standard InChI is InChI=1S/C26H23ClF2N5OP/c1-5-36(4,35)22-9-7-17(13-31-22)24-20(29)11-21-25(34-24)26(23(27)15(3)32-21)33-14(2)18-10-16(12-30)6-8-19(18)28/h6-11,13-14H,5H2,1-4H3,(H,32,33)/t14-,36?/m1/s1. The zero-order valence-electron chi connectivity index (χ0n) is 20.1. The number of fused-ring (bicyclic) bond motifs is 1. The first-order valence-corrected chi connectivity index (χ1v) is 13.9. The van der Waals surface area contributed by atoms with Crippen LogP contribution in [0.3, 0.4) is 0 Å². The molecular formula is C26H23ClF2N5OP. The van der Waals surface area contributed by atoms with Crippen LogP contribution >= 0.6 is 18.7 Å². The van der Waals surface area contributed by atoms with E-state index in [2.05, 4.69) is 20.3 Å². The Labute approximate surface area is 212 Å². The van der Waals surface area contributed by atoms with Crippen molar-refractivity contribution < 1.29 is 13.3 Å². The second-order valence-corrected chi connectivity index (χ2v) is 12.3. The topological polar surface area (TPSA) is 91.6 Å². The van der Waals surface area contributed by atoms with Crippen LogP contribution in [0.4, 0.5) is 14.5 Å². The van der Waals surface area contributed by atoms with E-state index < -0.39 is 24.8 Å². The predicted octanol–water partition coefficient (Wildman–Crippen LogP) is 6.61. The number of hydrogen-bond acceptors (Lipinski definition) is 6. The van der Waals surface area contributed by atoms with Crippen molar-refractivity contribution in [2.24, 2.45) is 0 Å². The zero-order chi connectivity index (χ0) is 26.2. The Morgan fingerprint density at radius 2 is 1.92 bits per heavy atom. The lowest BCUT2D eigenvalue weighted by Gasteiger charge is -2.20. The smallest absolute Gasteiger partial charge is 0.151 e. The van der Waals surface area contributed by atoms with Gasteiger partial charge in [0, 0.05) is 29.6 Å². The molecule has 0 amide bonds. The first-order valence-electron chi connectivity index (χ1n) is 11.2. The van der Waals surface area contributed by atoms with Crippen LogP contribution in [-0.2, 0) is 4.57 Å². The molecule has 4 aromatic rings. The van der Waals surface area contributed by atoms with Gasteiger partial charge in [0.05, 0.1) is 45.0 Å². The molecule has 0 aliphatic carbocycles. The van der Waals surface area contributed by atoms with Crippen molar-refractivity contribution in [3.63, 3.8) is 0 Å². The van der Waals surface area contributed by atoms with E-state index in [0.29, 0.717) is 39.6 Å². The second-order valence-electron chi connectivity index (χ2n) is 8.61. The second kappa shape index (κ2) is 9.93. The number of aromatic nitrogens is 3. The summed E-state index contributed by atoms with van der Waals surface area (Å²) >= 11 is 6.58. The molecule has 0 saturated carbocycles. The van der Waals surface area contributed by atoms with Gasteiger partial charge >= 0.3 is 0 Å². The third-order valence-corrected chi connectivity index (χ3v) is 8.98. The van der Waals surface area contributed by atoms with Gasteiger partial charge in [-0.3, -0.25) is 4.98 Å². The number of halogens is 3. The molecule has 0 radical (unpaired) electrons. The molecule has 184 valence electrons. The number of aryl methyl sites for hydroxylation is 1. The van der Waals surface area contributed by atoms with Crippen LogP contribution < -0.4 is 10.8 Å². The highest BCUT2D eigenvalue weighted by Gasteiger charge is 2.21. The molecule has 4 rings (SSSR count). The van der Waals surface area contributed by atoms with E-state index in [9.17, 15) is 14.2 Å². The number of nitrogens with zero attached hydrogens (tertiary/aromatic N) is 4. The molecule has 1 aromatic carbocycles. The van der Waals surface area contributed by atoms with Crippen LogP contribution in [0, 0.1) is 29.9 Å². The fourth-order valence-electron chi connectivity index (χ4n) is 3.80. The zero-order valence-corrected chi connectivity index (χ0v) is 21.8. The summed E-state index contributed by atoms with van der Waals surface area (Å²) in [5.74, 6) is -1.08. The van der Waals surface area contributed by atoms with Crippen LogP contribution in [0.5, 0.6) is 0 Å². The average molecular weight is 526 g/mol. The molecule has 6 nitrogen and oxygen atoms in total. The molecule has 0 aliphatic heterocycles. The van der Waals surface area contributed by atoms with Gasteiger partial charge in [0.1, 0.15) is 24.2 Å². The third kappa shape index (κ3) is 4.82. The number of hydrogen-bond donors (Lipinski definition) is 1. The van der Waals surface area contributed by atoms with E-state index in [0.717, 1.165) is 0 Å². The Morgan fingerprint density at radius 1 is 1.17 bits per heavy atom. The maximum atomic E-state index is 15.1. The molecule has 0 spiro atoms. The van der Waals surface area contributed by atoms with Crippen molar-refractivity contribution >= 4 is 40.9 Å². The summed E-state index contributed by atoms with van der Waals surface area (Å²) in [4.78, 5) is 13.2. The SMILES string of the molecule is CCP(C)(=O)c1ccc(-c2nc3c(N[C@H](C)c4cc(C#N)ccc4F)c(Cl)c(C)nc3cc2F)cn1. The largest absolute Gasteiger partial charge is 0.375 e. The molecule has 3 heterocycles. The fraction of sp³-hybridized carbons (Fsp3) is 0.231.